The van der Waals surface area contributed by atoms with Crippen molar-refractivity contribution in [2.24, 2.45) is 0 Å². The molecular formula is C24H30FN3O5S. The quantitative estimate of drug-likeness (QED) is 0.509. The summed E-state index contributed by atoms with van der Waals surface area (Å²) in [6.45, 7) is 11.0. The van der Waals surface area contributed by atoms with Gasteiger partial charge in [0.25, 0.3) is 5.91 Å². The number of hydrogen-bond donors (Lipinski definition) is 2. The van der Waals surface area contributed by atoms with Crippen molar-refractivity contribution in [1.82, 2.24) is 9.62 Å². The summed E-state index contributed by atoms with van der Waals surface area (Å²) in [7, 11) is -4.17. The SMILES string of the molecule is C=CCNS(=O)(=O)c1cc(C(=O)Nc2ccccc2CN(CC)C(=O)OC(C)(C)C)ccc1F. The van der Waals surface area contributed by atoms with Gasteiger partial charge in [-0.05, 0) is 57.5 Å². The Morgan fingerprint density at radius 3 is 2.47 bits per heavy atom. The van der Waals surface area contributed by atoms with E-state index in [2.05, 4.69) is 16.6 Å². The lowest BCUT2D eigenvalue weighted by Crippen LogP contribution is -2.36. The first-order chi connectivity index (χ1) is 15.9. The minimum absolute atomic E-state index is 0.0466. The first-order valence-corrected chi connectivity index (χ1v) is 12.1. The van der Waals surface area contributed by atoms with Crippen molar-refractivity contribution < 1.29 is 27.1 Å². The van der Waals surface area contributed by atoms with Gasteiger partial charge in [-0.2, -0.15) is 0 Å². The summed E-state index contributed by atoms with van der Waals surface area (Å²) in [6.07, 6.45) is 0.830. The lowest BCUT2D eigenvalue weighted by atomic mass is 10.1. The van der Waals surface area contributed by atoms with Crippen molar-refractivity contribution in [3.8, 4) is 0 Å². The first kappa shape index (κ1) is 27.0. The number of rotatable bonds is 9. The largest absolute Gasteiger partial charge is 0.444 e. The topological polar surface area (TPSA) is 105 Å². The van der Waals surface area contributed by atoms with Crippen LogP contribution in [0.5, 0.6) is 0 Å². The van der Waals surface area contributed by atoms with Crippen molar-refractivity contribution in [1.29, 1.82) is 0 Å². The van der Waals surface area contributed by atoms with Crippen LogP contribution in [0.3, 0.4) is 0 Å². The fraction of sp³-hybridized carbons (Fsp3) is 0.333. The molecule has 0 bridgehead atoms. The molecule has 0 aliphatic carbocycles. The second-order valence-electron chi connectivity index (χ2n) is 8.39. The van der Waals surface area contributed by atoms with Crippen molar-refractivity contribution in [2.75, 3.05) is 18.4 Å². The monoisotopic (exact) mass is 491 g/mol. The van der Waals surface area contributed by atoms with Crippen molar-refractivity contribution >= 4 is 27.7 Å². The van der Waals surface area contributed by atoms with Crippen molar-refractivity contribution in [2.45, 2.75) is 44.7 Å². The van der Waals surface area contributed by atoms with Crippen molar-refractivity contribution in [3.63, 3.8) is 0 Å². The van der Waals surface area contributed by atoms with Gasteiger partial charge in [0.1, 0.15) is 16.3 Å². The molecule has 2 aromatic carbocycles. The van der Waals surface area contributed by atoms with E-state index < -0.39 is 38.3 Å². The van der Waals surface area contributed by atoms with Gasteiger partial charge in [0.15, 0.2) is 0 Å². The Bertz CT molecular complexity index is 1160. The first-order valence-electron chi connectivity index (χ1n) is 10.6. The van der Waals surface area contributed by atoms with Gasteiger partial charge >= 0.3 is 6.09 Å². The number of hydrogen-bond acceptors (Lipinski definition) is 5. The highest BCUT2D eigenvalue weighted by molar-refractivity contribution is 7.89. The number of para-hydroxylation sites is 1. The van der Waals surface area contributed by atoms with E-state index in [4.69, 9.17) is 4.74 Å². The van der Waals surface area contributed by atoms with E-state index in [9.17, 15) is 22.4 Å². The van der Waals surface area contributed by atoms with Crippen molar-refractivity contribution in [3.05, 3.63) is 72.1 Å². The minimum atomic E-state index is -4.17. The Morgan fingerprint density at radius 1 is 1.18 bits per heavy atom. The lowest BCUT2D eigenvalue weighted by molar-refractivity contribution is 0.0245. The van der Waals surface area contributed by atoms with Crippen LogP contribution in [0.2, 0.25) is 0 Å². The maximum Gasteiger partial charge on any atom is 0.410 e. The molecule has 0 atom stereocenters. The fourth-order valence-electron chi connectivity index (χ4n) is 2.91. The summed E-state index contributed by atoms with van der Waals surface area (Å²) in [5.74, 6) is -1.61. The number of benzene rings is 2. The number of sulfonamides is 1. The zero-order chi connectivity index (χ0) is 25.5. The molecule has 0 fully saturated rings. The molecule has 8 nitrogen and oxygen atoms in total. The molecule has 10 heteroatoms. The lowest BCUT2D eigenvalue weighted by Gasteiger charge is -2.27. The van der Waals surface area contributed by atoms with Crippen LogP contribution in [0.25, 0.3) is 0 Å². The molecule has 0 unspecified atom stereocenters. The van der Waals surface area contributed by atoms with Crippen LogP contribution < -0.4 is 10.0 Å². The molecule has 2 amide bonds. The average molecular weight is 492 g/mol. The Labute approximate surface area is 199 Å². The van der Waals surface area contributed by atoms with E-state index >= 15 is 0 Å². The second kappa shape index (κ2) is 11.3. The molecule has 0 saturated heterocycles. The van der Waals surface area contributed by atoms with Crippen LogP contribution in [0.4, 0.5) is 14.9 Å². The maximum absolute atomic E-state index is 14.2. The third kappa shape index (κ3) is 7.39. The molecule has 2 rings (SSSR count). The van der Waals surface area contributed by atoms with E-state index in [0.717, 1.165) is 12.1 Å². The number of nitrogens with zero attached hydrogens (tertiary/aromatic N) is 1. The number of halogens is 1. The molecule has 184 valence electrons. The number of carbonyl (C=O) groups excluding carboxylic acids is 2. The average Bonchev–Trinajstić information content (AvgIpc) is 2.75. The van der Waals surface area contributed by atoms with E-state index in [1.165, 1.54) is 17.0 Å². The summed E-state index contributed by atoms with van der Waals surface area (Å²) in [4.78, 5) is 26.2. The van der Waals surface area contributed by atoms with Crippen LogP contribution in [-0.4, -0.2) is 44.0 Å². The van der Waals surface area contributed by atoms with Crippen LogP contribution in [0.15, 0.2) is 60.0 Å². The third-order valence-corrected chi connectivity index (χ3v) is 6.00. The maximum atomic E-state index is 14.2. The molecule has 0 heterocycles. The van der Waals surface area contributed by atoms with E-state index in [-0.39, 0.29) is 18.7 Å². The fourth-order valence-corrected chi connectivity index (χ4v) is 4.01. The van der Waals surface area contributed by atoms with Gasteiger partial charge in [-0.25, -0.2) is 22.3 Å². The number of nitrogens with one attached hydrogen (secondary N) is 2. The summed E-state index contributed by atoms with van der Waals surface area (Å²) in [6, 6.07) is 9.97. The van der Waals surface area contributed by atoms with Gasteiger partial charge in [-0.3, -0.25) is 4.79 Å². The van der Waals surface area contributed by atoms with E-state index in [1.807, 2.05) is 6.92 Å². The predicted octanol–water partition coefficient (Wildman–Crippen LogP) is 4.30. The van der Waals surface area contributed by atoms with E-state index in [0.29, 0.717) is 17.8 Å². The summed E-state index contributed by atoms with van der Waals surface area (Å²) in [5.41, 5.74) is 0.369. The highest BCUT2D eigenvalue weighted by atomic mass is 32.2. The zero-order valence-corrected chi connectivity index (χ0v) is 20.5. The van der Waals surface area contributed by atoms with Gasteiger partial charge < -0.3 is 15.0 Å². The van der Waals surface area contributed by atoms with Gasteiger partial charge in [-0.15, -0.1) is 6.58 Å². The Hall–Kier alpha value is -3.24. The van der Waals surface area contributed by atoms with Gasteiger partial charge in [0.2, 0.25) is 10.0 Å². The van der Waals surface area contributed by atoms with Gasteiger partial charge in [0.05, 0.1) is 6.54 Å². The number of ether oxygens (including phenoxy) is 1. The highest BCUT2D eigenvalue weighted by Crippen LogP contribution is 2.22. The molecule has 0 saturated carbocycles. The van der Waals surface area contributed by atoms with Crippen LogP contribution in [-0.2, 0) is 21.3 Å². The van der Waals surface area contributed by atoms with Gasteiger partial charge in [0, 0.05) is 24.3 Å². The summed E-state index contributed by atoms with van der Waals surface area (Å²) in [5, 5.41) is 2.71. The molecule has 2 aromatic rings. The molecule has 0 radical (unpaired) electrons. The molecule has 0 spiro atoms. The molecule has 0 aromatic heterocycles. The molecule has 34 heavy (non-hydrogen) atoms. The van der Waals surface area contributed by atoms with Crippen LogP contribution in [0.1, 0.15) is 43.6 Å². The molecule has 2 N–H and O–H groups in total. The Kier molecular flexibility index (Phi) is 8.94. The zero-order valence-electron chi connectivity index (χ0n) is 19.7. The van der Waals surface area contributed by atoms with E-state index in [1.54, 1.807) is 45.0 Å². The minimum Gasteiger partial charge on any atom is -0.444 e. The standard InChI is InChI=1S/C24H30FN3O5S/c1-6-14-26-34(31,32)21-15-17(12-13-19(21)25)22(29)27-20-11-9-8-10-18(20)16-28(7-2)23(30)33-24(3,4)5/h6,8-13,15,26H,1,7,14,16H2,2-5H3,(H,27,29). The molecular weight excluding hydrogens is 461 g/mol. The smallest absolute Gasteiger partial charge is 0.410 e. The summed E-state index contributed by atoms with van der Waals surface area (Å²) < 4.78 is 46.5. The second-order valence-corrected chi connectivity index (χ2v) is 10.1. The number of anilines is 1. The normalized spacial score (nSPS) is 11.6. The predicted molar refractivity (Wildman–Crippen MR) is 128 cm³/mol. The summed E-state index contributed by atoms with van der Waals surface area (Å²) >= 11 is 0. The Morgan fingerprint density at radius 2 is 1.85 bits per heavy atom. The van der Waals surface area contributed by atoms with Gasteiger partial charge in [-0.1, -0.05) is 24.3 Å². The molecule has 0 aliphatic rings. The highest BCUT2D eigenvalue weighted by Gasteiger charge is 2.23. The Balaban J connectivity index is 2.27. The molecule has 0 aliphatic heterocycles. The van der Waals surface area contributed by atoms with Crippen LogP contribution in [0, 0.1) is 5.82 Å². The number of carbonyl (C=O) groups is 2. The van der Waals surface area contributed by atoms with Crippen LogP contribution >= 0.6 is 0 Å². The third-order valence-electron chi connectivity index (χ3n) is 4.56. The number of amides is 2.